The smallest absolute Gasteiger partial charge is 0.223 e. The third-order valence-corrected chi connectivity index (χ3v) is 3.15. The second-order valence-electron chi connectivity index (χ2n) is 4.81. The zero-order valence-corrected chi connectivity index (χ0v) is 9.99. The van der Waals surface area contributed by atoms with Crippen LogP contribution in [0.4, 0.5) is 0 Å². The number of carbonyl (C=O) groups excluding carboxylic acids is 1. The van der Waals surface area contributed by atoms with Gasteiger partial charge in [-0.1, -0.05) is 6.92 Å². The lowest BCUT2D eigenvalue weighted by atomic mass is 10.2. The van der Waals surface area contributed by atoms with E-state index in [1.807, 2.05) is 0 Å². The van der Waals surface area contributed by atoms with Crippen LogP contribution in [0.1, 0.15) is 19.8 Å². The molecule has 1 amide bonds. The Balaban J connectivity index is 2.20. The van der Waals surface area contributed by atoms with Gasteiger partial charge >= 0.3 is 0 Å². The molecule has 4 nitrogen and oxygen atoms in total. The zero-order valence-electron chi connectivity index (χ0n) is 9.99. The first-order valence-corrected chi connectivity index (χ1v) is 5.68. The van der Waals surface area contributed by atoms with Crippen LogP contribution in [0.25, 0.3) is 0 Å². The predicted octanol–water partition coefficient (Wildman–Crippen LogP) is 0.0376. The molecule has 1 aliphatic rings. The topological polar surface area (TPSA) is 58.4 Å². The van der Waals surface area contributed by atoms with Crippen molar-refractivity contribution < 1.29 is 4.79 Å². The first kappa shape index (κ1) is 12.5. The molecule has 1 aliphatic carbocycles. The van der Waals surface area contributed by atoms with Gasteiger partial charge in [-0.25, -0.2) is 0 Å². The average Bonchev–Trinajstić information content (AvgIpc) is 2.88. The van der Waals surface area contributed by atoms with Gasteiger partial charge in [0.15, 0.2) is 0 Å². The lowest BCUT2D eigenvalue weighted by molar-refractivity contribution is -0.129. The Morgan fingerprint density at radius 3 is 2.60 bits per heavy atom. The summed E-state index contributed by atoms with van der Waals surface area (Å²) in [4.78, 5) is 13.1. The Hall–Kier alpha value is -0.610. The van der Waals surface area contributed by atoms with Crippen molar-refractivity contribution in [3.8, 4) is 0 Å². The SMILES string of the molecule is CC1CC1CNC(CN)CC(=O)N(C)C. The van der Waals surface area contributed by atoms with Crippen LogP contribution < -0.4 is 11.1 Å². The quantitative estimate of drug-likeness (QED) is 0.655. The van der Waals surface area contributed by atoms with E-state index in [2.05, 4.69) is 12.2 Å². The molecule has 0 saturated heterocycles. The summed E-state index contributed by atoms with van der Waals surface area (Å²) in [7, 11) is 3.55. The van der Waals surface area contributed by atoms with E-state index >= 15 is 0 Å². The molecule has 0 bridgehead atoms. The molecular weight excluding hydrogens is 190 g/mol. The van der Waals surface area contributed by atoms with Gasteiger partial charge in [-0.05, 0) is 24.8 Å². The number of rotatable bonds is 6. The Kier molecular flexibility index (Phi) is 4.54. The summed E-state index contributed by atoms with van der Waals surface area (Å²) in [6, 6.07) is 0.132. The lowest BCUT2D eigenvalue weighted by Gasteiger charge is -2.18. The maximum atomic E-state index is 11.5. The number of hydrogen-bond acceptors (Lipinski definition) is 3. The summed E-state index contributed by atoms with van der Waals surface area (Å²) in [6.45, 7) is 3.79. The zero-order chi connectivity index (χ0) is 11.4. The highest BCUT2D eigenvalue weighted by atomic mass is 16.2. The summed E-state index contributed by atoms with van der Waals surface area (Å²) in [6.07, 6.45) is 1.82. The summed E-state index contributed by atoms with van der Waals surface area (Å²) < 4.78 is 0. The lowest BCUT2D eigenvalue weighted by Crippen LogP contribution is -2.41. The number of hydrogen-bond donors (Lipinski definition) is 2. The van der Waals surface area contributed by atoms with E-state index in [0.29, 0.717) is 13.0 Å². The third kappa shape index (κ3) is 4.18. The van der Waals surface area contributed by atoms with E-state index in [0.717, 1.165) is 18.4 Å². The molecule has 0 radical (unpaired) electrons. The van der Waals surface area contributed by atoms with Crippen molar-refractivity contribution in [1.29, 1.82) is 0 Å². The van der Waals surface area contributed by atoms with Crippen LogP contribution in [0, 0.1) is 11.8 Å². The van der Waals surface area contributed by atoms with Crippen molar-refractivity contribution in [2.24, 2.45) is 17.6 Å². The number of carbonyl (C=O) groups is 1. The molecule has 0 aromatic carbocycles. The summed E-state index contributed by atoms with van der Waals surface area (Å²) >= 11 is 0. The van der Waals surface area contributed by atoms with Crippen molar-refractivity contribution in [3.63, 3.8) is 0 Å². The minimum Gasteiger partial charge on any atom is -0.349 e. The van der Waals surface area contributed by atoms with Crippen LogP contribution in [0.5, 0.6) is 0 Å². The van der Waals surface area contributed by atoms with Gasteiger partial charge in [0.05, 0.1) is 0 Å². The van der Waals surface area contributed by atoms with Gasteiger partial charge in [-0.2, -0.15) is 0 Å². The molecule has 88 valence electrons. The molecular formula is C11H23N3O. The third-order valence-electron chi connectivity index (χ3n) is 3.15. The largest absolute Gasteiger partial charge is 0.349 e. The van der Waals surface area contributed by atoms with Crippen molar-refractivity contribution in [2.45, 2.75) is 25.8 Å². The molecule has 0 spiro atoms. The second kappa shape index (κ2) is 5.47. The van der Waals surface area contributed by atoms with E-state index in [-0.39, 0.29) is 11.9 Å². The summed E-state index contributed by atoms with van der Waals surface area (Å²) in [5.41, 5.74) is 5.63. The van der Waals surface area contributed by atoms with Gasteiger partial charge in [0.2, 0.25) is 5.91 Å². The Labute approximate surface area is 92.2 Å². The van der Waals surface area contributed by atoms with Crippen LogP contribution in [0.2, 0.25) is 0 Å². The number of nitrogens with two attached hydrogens (primary N) is 1. The molecule has 1 rings (SSSR count). The molecule has 15 heavy (non-hydrogen) atoms. The fraction of sp³-hybridized carbons (Fsp3) is 0.909. The molecule has 4 heteroatoms. The van der Waals surface area contributed by atoms with E-state index in [4.69, 9.17) is 5.73 Å². The van der Waals surface area contributed by atoms with Crippen LogP contribution in [-0.2, 0) is 4.79 Å². The highest BCUT2D eigenvalue weighted by Gasteiger charge is 2.32. The highest BCUT2D eigenvalue weighted by Crippen LogP contribution is 2.36. The highest BCUT2D eigenvalue weighted by molar-refractivity contribution is 5.76. The normalized spacial score (nSPS) is 26.1. The minimum absolute atomic E-state index is 0.132. The van der Waals surface area contributed by atoms with Gasteiger partial charge in [0.1, 0.15) is 0 Å². The summed E-state index contributed by atoms with van der Waals surface area (Å²) in [5.74, 6) is 1.79. The number of amides is 1. The van der Waals surface area contributed by atoms with Gasteiger partial charge in [-0.3, -0.25) is 4.79 Å². The van der Waals surface area contributed by atoms with Crippen molar-refractivity contribution in [1.82, 2.24) is 10.2 Å². The van der Waals surface area contributed by atoms with Gasteiger partial charge < -0.3 is 16.0 Å². The number of nitrogens with one attached hydrogen (secondary N) is 1. The van der Waals surface area contributed by atoms with Crippen molar-refractivity contribution >= 4 is 5.91 Å². The van der Waals surface area contributed by atoms with Gasteiger partial charge in [-0.15, -0.1) is 0 Å². The molecule has 0 aliphatic heterocycles. The fourth-order valence-corrected chi connectivity index (χ4v) is 1.63. The second-order valence-corrected chi connectivity index (χ2v) is 4.81. The summed E-state index contributed by atoms with van der Waals surface area (Å²) in [5, 5.41) is 3.38. The van der Waals surface area contributed by atoms with Crippen LogP contribution in [0.3, 0.4) is 0 Å². The molecule has 1 saturated carbocycles. The van der Waals surface area contributed by atoms with E-state index in [1.165, 1.54) is 6.42 Å². The fourth-order valence-electron chi connectivity index (χ4n) is 1.63. The Bertz CT molecular complexity index is 218. The Morgan fingerprint density at radius 1 is 1.60 bits per heavy atom. The first-order chi connectivity index (χ1) is 7.04. The van der Waals surface area contributed by atoms with E-state index < -0.39 is 0 Å². The van der Waals surface area contributed by atoms with Gasteiger partial charge in [0, 0.05) is 33.1 Å². The van der Waals surface area contributed by atoms with Crippen LogP contribution >= 0.6 is 0 Å². The maximum Gasteiger partial charge on any atom is 0.223 e. The van der Waals surface area contributed by atoms with Crippen LogP contribution in [-0.4, -0.2) is 44.0 Å². The standard InChI is InChI=1S/C11H23N3O/c1-8-4-9(8)7-13-10(6-12)5-11(15)14(2)3/h8-10,13H,4-7,12H2,1-3H3. The van der Waals surface area contributed by atoms with Gasteiger partial charge in [0.25, 0.3) is 0 Å². The van der Waals surface area contributed by atoms with Crippen LogP contribution in [0.15, 0.2) is 0 Å². The molecule has 3 N–H and O–H groups in total. The van der Waals surface area contributed by atoms with Crippen molar-refractivity contribution in [3.05, 3.63) is 0 Å². The predicted molar refractivity (Wildman–Crippen MR) is 61.4 cm³/mol. The molecule has 0 aromatic heterocycles. The average molecular weight is 213 g/mol. The molecule has 3 unspecified atom stereocenters. The first-order valence-electron chi connectivity index (χ1n) is 5.68. The minimum atomic E-state index is 0.132. The maximum absolute atomic E-state index is 11.5. The molecule has 3 atom stereocenters. The monoisotopic (exact) mass is 213 g/mol. The Morgan fingerprint density at radius 2 is 2.20 bits per heavy atom. The molecule has 1 fully saturated rings. The van der Waals surface area contributed by atoms with E-state index in [1.54, 1.807) is 19.0 Å². The number of nitrogens with zero attached hydrogens (tertiary/aromatic N) is 1. The van der Waals surface area contributed by atoms with E-state index in [9.17, 15) is 4.79 Å². The molecule has 0 aromatic rings. The van der Waals surface area contributed by atoms with Crippen molar-refractivity contribution in [2.75, 3.05) is 27.2 Å². The molecule has 0 heterocycles.